The molecule has 7 heteroatoms. The fraction of sp³-hybridized carbons (Fsp3) is 0.333. The fourth-order valence-electron chi connectivity index (χ4n) is 2.55. The van der Waals surface area contributed by atoms with Gasteiger partial charge < -0.3 is 4.90 Å². The predicted octanol–water partition coefficient (Wildman–Crippen LogP) is 2.63. The van der Waals surface area contributed by atoms with E-state index in [-0.39, 0.29) is 11.7 Å². The van der Waals surface area contributed by atoms with Gasteiger partial charge in [-0.3, -0.25) is 4.79 Å². The Labute approximate surface area is 151 Å². The number of hydrazone groups is 1. The summed E-state index contributed by atoms with van der Waals surface area (Å²) in [5, 5.41) is 4.79. The Bertz CT molecular complexity index is 744. The molecule has 0 spiro atoms. The molecule has 0 unspecified atom stereocenters. The van der Waals surface area contributed by atoms with Crippen molar-refractivity contribution in [2.24, 2.45) is 5.10 Å². The van der Waals surface area contributed by atoms with E-state index in [0.717, 1.165) is 35.3 Å². The standard InChI is InChI=1S/C18H21N5OS/c1-14-11-17(21-18(20-14)23-9-5-6-10-23)25-13-16(24)22-19-12-15-7-3-2-4-8-15/h2-4,7-8,11-12H,5-6,9-10,13H2,1H3,(H,22,24). The van der Waals surface area contributed by atoms with E-state index in [1.165, 1.54) is 24.6 Å². The van der Waals surface area contributed by atoms with Crippen molar-refractivity contribution >= 4 is 29.8 Å². The molecule has 1 aromatic heterocycles. The monoisotopic (exact) mass is 355 g/mol. The molecule has 0 saturated carbocycles. The lowest BCUT2D eigenvalue weighted by atomic mass is 10.2. The third-order valence-corrected chi connectivity index (χ3v) is 4.67. The highest BCUT2D eigenvalue weighted by atomic mass is 32.2. The van der Waals surface area contributed by atoms with Crippen molar-refractivity contribution in [2.75, 3.05) is 23.7 Å². The Hall–Kier alpha value is -2.41. The number of nitrogens with one attached hydrogen (secondary N) is 1. The second kappa shape index (κ2) is 8.62. The number of nitrogens with zero attached hydrogens (tertiary/aromatic N) is 4. The van der Waals surface area contributed by atoms with Gasteiger partial charge in [-0.05, 0) is 31.4 Å². The van der Waals surface area contributed by atoms with Gasteiger partial charge in [-0.1, -0.05) is 42.1 Å². The van der Waals surface area contributed by atoms with E-state index in [4.69, 9.17) is 0 Å². The van der Waals surface area contributed by atoms with Crippen LogP contribution in [0.4, 0.5) is 5.95 Å². The fourth-order valence-corrected chi connectivity index (χ4v) is 3.29. The van der Waals surface area contributed by atoms with Gasteiger partial charge >= 0.3 is 0 Å². The van der Waals surface area contributed by atoms with Crippen molar-refractivity contribution < 1.29 is 4.79 Å². The first-order valence-corrected chi connectivity index (χ1v) is 9.30. The smallest absolute Gasteiger partial charge is 0.250 e. The summed E-state index contributed by atoms with van der Waals surface area (Å²) in [6.07, 6.45) is 3.99. The van der Waals surface area contributed by atoms with Crippen LogP contribution in [0, 0.1) is 6.92 Å². The van der Waals surface area contributed by atoms with E-state index in [2.05, 4.69) is 25.4 Å². The van der Waals surface area contributed by atoms with Crippen molar-refractivity contribution in [1.82, 2.24) is 15.4 Å². The number of rotatable bonds is 6. The molecule has 1 aliphatic rings. The maximum Gasteiger partial charge on any atom is 0.250 e. The summed E-state index contributed by atoms with van der Waals surface area (Å²) >= 11 is 1.40. The van der Waals surface area contributed by atoms with E-state index >= 15 is 0 Å². The van der Waals surface area contributed by atoms with E-state index < -0.39 is 0 Å². The summed E-state index contributed by atoms with van der Waals surface area (Å²) < 4.78 is 0. The lowest BCUT2D eigenvalue weighted by Crippen LogP contribution is -2.21. The van der Waals surface area contributed by atoms with Gasteiger partial charge in [0.25, 0.3) is 0 Å². The molecule has 25 heavy (non-hydrogen) atoms. The van der Waals surface area contributed by atoms with Gasteiger partial charge in [-0.2, -0.15) is 5.10 Å². The minimum Gasteiger partial charge on any atom is -0.341 e. The van der Waals surface area contributed by atoms with Crippen LogP contribution in [0.25, 0.3) is 0 Å². The zero-order valence-electron chi connectivity index (χ0n) is 14.2. The van der Waals surface area contributed by atoms with Gasteiger partial charge in [0.05, 0.1) is 12.0 Å². The minimum atomic E-state index is -0.156. The van der Waals surface area contributed by atoms with Crippen LogP contribution in [0.1, 0.15) is 24.1 Å². The molecule has 0 aliphatic carbocycles. The van der Waals surface area contributed by atoms with Crippen LogP contribution < -0.4 is 10.3 Å². The number of aromatic nitrogens is 2. The third kappa shape index (κ3) is 5.29. The number of carbonyl (C=O) groups is 1. The first-order chi connectivity index (χ1) is 12.2. The topological polar surface area (TPSA) is 70.5 Å². The van der Waals surface area contributed by atoms with E-state index in [1.54, 1.807) is 6.21 Å². The molecule has 2 heterocycles. The average Bonchev–Trinajstić information content (AvgIpc) is 3.15. The Morgan fingerprint density at radius 3 is 2.80 bits per heavy atom. The summed E-state index contributed by atoms with van der Waals surface area (Å²) in [6, 6.07) is 11.5. The maximum absolute atomic E-state index is 11.9. The number of amides is 1. The molecule has 1 saturated heterocycles. The highest BCUT2D eigenvalue weighted by Gasteiger charge is 2.16. The highest BCUT2D eigenvalue weighted by Crippen LogP contribution is 2.21. The summed E-state index contributed by atoms with van der Waals surface area (Å²) in [5.74, 6) is 0.876. The predicted molar refractivity (Wildman–Crippen MR) is 101 cm³/mol. The molecule has 0 radical (unpaired) electrons. The molecule has 3 rings (SSSR count). The van der Waals surface area contributed by atoms with Crippen molar-refractivity contribution in [1.29, 1.82) is 0 Å². The van der Waals surface area contributed by atoms with Gasteiger partial charge in [-0.25, -0.2) is 15.4 Å². The van der Waals surface area contributed by atoms with Gasteiger partial charge in [0.15, 0.2) is 0 Å². The van der Waals surface area contributed by atoms with E-state index in [1.807, 2.05) is 43.3 Å². The lowest BCUT2D eigenvalue weighted by molar-refractivity contribution is -0.118. The minimum absolute atomic E-state index is 0.156. The van der Waals surface area contributed by atoms with Crippen LogP contribution in [0.3, 0.4) is 0 Å². The average molecular weight is 355 g/mol. The summed E-state index contributed by atoms with van der Waals surface area (Å²) in [6.45, 7) is 3.96. The van der Waals surface area contributed by atoms with Crippen LogP contribution in [0.5, 0.6) is 0 Å². The number of anilines is 1. The first kappa shape index (κ1) is 17.4. The second-order valence-electron chi connectivity index (χ2n) is 5.83. The van der Waals surface area contributed by atoms with Gasteiger partial charge in [0, 0.05) is 18.8 Å². The van der Waals surface area contributed by atoms with E-state index in [0.29, 0.717) is 0 Å². The van der Waals surface area contributed by atoms with Crippen LogP contribution >= 0.6 is 11.8 Å². The van der Waals surface area contributed by atoms with Crippen molar-refractivity contribution in [3.8, 4) is 0 Å². The molecule has 1 fully saturated rings. The molecule has 1 N–H and O–H groups in total. The van der Waals surface area contributed by atoms with Gasteiger partial charge in [0.1, 0.15) is 5.03 Å². The number of benzene rings is 1. The summed E-state index contributed by atoms with van der Waals surface area (Å²) in [5.41, 5.74) is 4.40. The molecule has 1 aromatic carbocycles. The van der Waals surface area contributed by atoms with Crippen LogP contribution in [0.2, 0.25) is 0 Å². The lowest BCUT2D eigenvalue weighted by Gasteiger charge is -2.16. The van der Waals surface area contributed by atoms with Crippen LogP contribution in [0.15, 0.2) is 46.5 Å². The quantitative estimate of drug-likeness (QED) is 0.373. The number of thioether (sulfide) groups is 1. The number of carbonyl (C=O) groups excluding carboxylic acids is 1. The summed E-state index contributed by atoms with van der Waals surface area (Å²) in [7, 11) is 0. The summed E-state index contributed by atoms with van der Waals surface area (Å²) in [4.78, 5) is 23.2. The Morgan fingerprint density at radius 2 is 2.04 bits per heavy atom. The molecule has 0 atom stereocenters. The largest absolute Gasteiger partial charge is 0.341 e. The zero-order chi connectivity index (χ0) is 17.5. The second-order valence-corrected chi connectivity index (χ2v) is 6.83. The van der Waals surface area contributed by atoms with Gasteiger partial charge in [-0.15, -0.1) is 0 Å². The molecule has 0 bridgehead atoms. The molecular weight excluding hydrogens is 334 g/mol. The maximum atomic E-state index is 11.9. The SMILES string of the molecule is Cc1cc(SCC(=O)NN=Cc2ccccc2)nc(N2CCCC2)n1. The van der Waals surface area contributed by atoms with Crippen molar-refractivity contribution in [3.05, 3.63) is 47.7 Å². The molecule has 6 nitrogen and oxygen atoms in total. The third-order valence-electron chi connectivity index (χ3n) is 3.76. The molecule has 2 aromatic rings. The van der Waals surface area contributed by atoms with Crippen molar-refractivity contribution in [3.63, 3.8) is 0 Å². The molecule has 1 amide bonds. The Morgan fingerprint density at radius 1 is 1.28 bits per heavy atom. The van der Waals surface area contributed by atoms with Crippen LogP contribution in [-0.4, -0.2) is 40.9 Å². The highest BCUT2D eigenvalue weighted by molar-refractivity contribution is 7.99. The normalized spacial score (nSPS) is 14.2. The number of hydrogen-bond donors (Lipinski definition) is 1. The molecule has 130 valence electrons. The zero-order valence-corrected chi connectivity index (χ0v) is 15.0. The Balaban J connectivity index is 1.52. The van der Waals surface area contributed by atoms with Gasteiger partial charge in [0.2, 0.25) is 11.9 Å². The molecular formula is C18H21N5OS. The number of hydrogen-bond acceptors (Lipinski definition) is 6. The number of aryl methyl sites for hydroxylation is 1. The Kier molecular flexibility index (Phi) is 6.00. The van der Waals surface area contributed by atoms with E-state index in [9.17, 15) is 4.79 Å². The molecule has 1 aliphatic heterocycles. The van der Waals surface area contributed by atoms with Crippen LogP contribution in [-0.2, 0) is 4.79 Å². The van der Waals surface area contributed by atoms with Crippen molar-refractivity contribution in [2.45, 2.75) is 24.8 Å². The first-order valence-electron chi connectivity index (χ1n) is 8.31.